The van der Waals surface area contributed by atoms with E-state index in [4.69, 9.17) is 15.1 Å². The van der Waals surface area contributed by atoms with E-state index >= 15 is 0 Å². The van der Waals surface area contributed by atoms with Crippen LogP contribution in [0.1, 0.15) is 21.5 Å². The average molecular weight is 271 g/mol. The van der Waals surface area contributed by atoms with Gasteiger partial charge in [0.05, 0.1) is 11.8 Å². The van der Waals surface area contributed by atoms with E-state index in [1.165, 1.54) is 18.3 Å². The summed E-state index contributed by atoms with van der Waals surface area (Å²) in [6, 6.07) is 13.6. The Morgan fingerprint density at radius 3 is 2.50 bits per heavy atom. The lowest BCUT2D eigenvalue weighted by atomic mass is 10.1. The van der Waals surface area contributed by atoms with Gasteiger partial charge in [0.15, 0.2) is 0 Å². The standard InChI is InChI=1S/C15H13NO4/c17-15(18)12-7-5-11(6-8-12)10-20-14-4-2-1-3-13(14)9-16-19/h1-9,19H,10H2,(H,17,18)/b16-9-. The van der Waals surface area contributed by atoms with Crippen molar-refractivity contribution in [1.82, 2.24) is 0 Å². The summed E-state index contributed by atoms with van der Waals surface area (Å²) in [5, 5.41) is 20.4. The Bertz CT molecular complexity index is 620. The van der Waals surface area contributed by atoms with Crippen molar-refractivity contribution in [2.45, 2.75) is 6.61 Å². The number of carboxylic acid groups (broad SMARTS) is 1. The molecule has 0 unspecified atom stereocenters. The molecule has 0 atom stereocenters. The first-order valence-electron chi connectivity index (χ1n) is 5.92. The van der Waals surface area contributed by atoms with Crippen molar-refractivity contribution in [2.75, 3.05) is 0 Å². The Morgan fingerprint density at radius 2 is 1.85 bits per heavy atom. The number of hydrogen-bond acceptors (Lipinski definition) is 4. The van der Waals surface area contributed by atoms with Crippen molar-refractivity contribution in [3.63, 3.8) is 0 Å². The van der Waals surface area contributed by atoms with Crippen LogP contribution in [0.15, 0.2) is 53.7 Å². The lowest BCUT2D eigenvalue weighted by Gasteiger charge is -2.08. The van der Waals surface area contributed by atoms with Crippen molar-refractivity contribution in [2.24, 2.45) is 5.16 Å². The van der Waals surface area contributed by atoms with Gasteiger partial charge in [0.25, 0.3) is 0 Å². The Kier molecular flexibility index (Phi) is 4.34. The monoisotopic (exact) mass is 271 g/mol. The number of hydrogen-bond donors (Lipinski definition) is 2. The number of rotatable bonds is 5. The minimum Gasteiger partial charge on any atom is -0.488 e. The summed E-state index contributed by atoms with van der Waals surface area (Å²) in [6.45, 7) is 0.302. The van der Waals surface area contributed by atoms with Gasteiger partial charge in [-0.05, 0) is 29.8 Å². The molecule has 2 aromatic carbocycles. The third kappa shape index (κ3) is 3.35. The Balaban J connectivity index is 2.07. The molecule has 0 aromatic heterocycles. The predicted molar refractivity (Wildman–Crippen MR) is 73.6 cm³/mol. The van der Waals surface area contributed by atoms with Crippen molar-refractivity contribution in [3.05, 3.63) is 65.2 Å². The van der Waals surface area contributed by atoms with E-state index in [1.54, 1.807) is 24.3 Å². The Labute approximate surface area is 115 Å². The zero-order chi connectivity index (χ0) is 14.4. The number of aromatic carboxylic acids is 1. The SMILES string of the molecule is O=C(O)c1ccc(COc2ccccc2/C=N\O)cc1. The van der Waals surface area contributed by atoms with Crippen LogP contribution in [0.4, 0.5) is 0 Å². The first-order valence-corrected chi connectivity index (χ1v) is 5.92. The molecular weight excluding hydrogens is 258 g/mol. The van der Waals surface area contributed by atoms with Crippen LogP contribution in [-0.4, -0.2) is 22.5 Å². The third-order valence-corrected chi connectivity index (χ3v) is 2.71. The largest absolute Gasteiger partial charge is 0.488 e. The van der Waals surface area contributed by atoms with Gasteiger partial charge >= 0.3 is 5.97 Å². The molecule has 2 N–H and O–H groups in total. The molecular formula is C15H13NO4. The van der Waals surface area contributed by atoms with E-state index in [-0.39, 0.29) is 5.56 Å². The summed E-state index contributed by atoms with van der Waals surface area (Å²) in [4.78, 5) is 10.7. The number of ether oxygens (including phenoxy) is 1. The smallest absolute Gasteiger partial charge is 0.335 e. The highest BCUT2D eigenvalue weighted by Gasteiger charge is 2.04. The van der Waals surface area contributed by atoms with Crippen LogP contribution >= 0.6 is 0 Å². The highest BCUT2D eigenvalue weighted by Crippen LogP contribution is 2.17. The second-order valence-corrected chi connectivity index (χ2v) is 4.07. The molecule has 102 valence electrons. The summed E-state index contributed by atoms with van der Waals surface area (Å²) >= 11 is 0. The van der Waals surface area contributed by atoms with Gasteiger partial charge in [-0.2, -0.15) is 0 Å². The number of para-hydroxylation sites is 1. The second kappa shape index (κ2) is 6.38. The van der Waals surface area contributed by atoms with Gasteiger partial charge in [0.2, 0.25) is 0 Å². The molecule has 0 bridgehead atoms. The summed E-state index contributed by atoms with van der Waals surface area (Å²) < 4.78 is 5.63. The van der Waals surface area contributed by atoms with E-state index < -0.39 is 5.97 Å². The summed E-state index contributed by atoms with van der Waals surface area (Å²) in [6.07, 6.45) is 1.29. The van der Waals surface area contributed by atoms with Crippen LogP contribution in [0.5, 0.6) is 5.75 Å². The number of oxime groups is 1. The zero-order valence-corrected chi connectivity index (χ0v) is 10.6. The molecule has 0 heterocycles. The number of nitrogens with zero attached hydrogens (tertiary/aromatic N) is 1. The number of carboxylic acids is 1. The molecule has 0 aliphatic rings. The maximum Gasteiger partial charge on any atom is 0.335 e. The maximum atomic E-state index is 10.7. The Hall–Kier alpha value is -2.82. The third-order valence-electron chi connectivity index (χ3n) is 2.71. The molecule has 2 aromatic rings. The average Bonchev–Trinajstić information content (AvgIpc) is 2.47. The Morgan fingerprint density at radius 1 is 1.15 bits per heavy atom. The molecule has 0 radical (unpaired) electrons. The van der Waals surface area contributed by atoms with Crippen molar-refractivity contribution in [1.29, 1.82) is 0 Å². The van der Waals surface area contributed by atoms with Crippen LogP contribution in [-0.2, 0) is 6.61 Å². The van der Waals surface area contributed by atoms with Gasteiger partial charge in [-0.25, -0.2) is 4.79 Å². The van der Waals surface area contributed by atoms with Gasteiger partial charge in [-0.15, -0.1) is 0 Å². The maximum absolute atomic E-state index is 10.7. The van der Waals surface area contributed by atoms with E-state index in [0.29, 0.717) is 17.9 Å². The van der Waals surface area contributed by atoms with Crippen molar-refractivity contribution in [3.8, 4) is 5.75 Å². The van der Waals surface area contributed by atoms with Crippen LogP contribution in [0.3, 0.4) is 0 Å². The quantitative estimate of drug-likeness (QED) is 0.498. The predicted octanol–water partition coefficient (Wildman–Crippen LogP) is 2.77. The van der Waals surface area contributed by atoms with E-state index in [9.17, 15) is 4.79 Å². The van der Waals surface area contributed by atoms with Gasteiger partial charge in [0, 0.05) is 5.56 Å². The van der Waals surface area contributed by atoms with Gasteiger partial charge < -0.3 is 15.1 Å². The van der Waals surface area contributed by atoms with E-state index in [0.717, 1.165) is 5.56 Å². The molecule has 5 nitrogen and oxygen atoms in total. The first-order chi connectivity index (χ1) is 9.70. The number of carbonyl (C=O) groups is 1. The molecule has 20 heavy (non-hydrogen) atoms. The molecule has 0 spiro atoms. The molecule has 2 rings (SSSR count). The molecule has 0 amide bonds. The van der Waals surface area contributed by atoms with Crippen LogP contribution < -0.4 is 4.74 Å². The lowest BCUT2D eigenvalue weighted by Crippen LogP contribution is -2.00. The minimum absolute atomic E-state index is 0.238. The molecule has 0 saturated heterocycles. The summed E-state index contributed by atoms with van der Waals surface area (Å²) in [7, 11) is 0. The van der Waals surface area contributed by atoms with Crippen LogP contribution in [0.2, 0.25) is 0 Å². The minimum atomic E-state index is -0.957. The topological polar surface area (TPSA) is 79.1 Å². The molecule has 0 aliphatic carbocycles. The fourth-order valence-corrected chi connectivity index (χ4v) is 1.69. The van der Waals surface area contributed by atoms with Crippen LogP contribution in [0, 0.1) is 0 Å². The lowest BCUT2D eigenvalue weighted by molar-refractivity contribution is 0.0697. The zero-order valence-electron chi connectivity index (χ0n) is 10.6. The van der Waals surface area contributed by atoms with E-state index in [1.807, 2.05) is 12.1 Å². The van der Waals surface area contributed by atoms with E-state index in [2.05, 4.69) is 5.16 Å². The fourth-order valence-electron chi connectivity index (χ4n) is 1.69. The number of benzene rings is 2. The molecule has 5 heteroatoms. The van der Waals surface area contributed by atoms with Gasteiger partial charge in [0.1, 0.15) is 12.4 Å². The van der Waals surface area contributed by atoms with Crippen molar-refractivity contribution < 1.29 is 19.8 Å². The van der Waals surface area contributed by atoms with Gasteiger partial charge in [-0.1, -0.05) is 29.4 Å². The van der Waals surface area contributed by atoms with Crippen LogP contribution in [0.25, 0.3) is 0 Å². The summed E-state index contributed by atoms with van der Waals surface area (Å²) in [5.41, 5.74) is 1.75. The first kappa shape index (κ1) is 13.6. The summed E-state index contributed by atoms with van der Waals surface area (Å²) in [5.74, 6) is -0.366. The highest BCUT2D eigenvalue weighted by molar-refractivity contribution is 5.87. The highest BCUT2D eigenvalue weighted by atomic mass is 16.5. The second-order valence-electron chi connectivity index (χ2n) is 4.07. The molecule has 0 saturated carbocycles. The molecule has 0 fully saturated rings. The van der Waals surface area contributed by atoms with Crippen molar-refractivity contribution >= 4 is 12.2 Å². The normalized spacial score (nSPS) is 10.6. The molecule has 0 aliphatic heterocycles. The fraction of sp³-hybridized carbons (Fsp3) is 0.0667. The van der Waals surface area contributed by atoms with Gasteiger partial charge in [-0.3, -0.25) is 0 Å².